The molecule has 0 spiro atoms. The third-order valence-electron chi connectivity index (χ3n) is 2.17. The van der Waals surface area contributed by atoms with E-state index in [4.69, 9.17) is 11.6 Å². The Labute approximate surface area is 115 Å². The number of hydrogen-bond acceptors (Lipinski definition) is 4. The van der Waals surface area contributed by atoms with Gasteiger partial charge in [0.15, 0.2) is 0 Å². The van der Waals surface area contributed by atoms with Gasteiger partial charge < -0.3 is 10.2 Å². The highest BCUT2D eigenvalue weighted by atomic mass is 35.5. The second kappa shape index (κ2) is 6.95. The Balaban J connectivity index is 0.00000289. The van der Waals surface area contributed by atoms with Crippen LogP contribution >= 0.6 is 31.4 Å². The smallest absolute Gasteiger partial charge is 0.271 e. The molecule has 0 aliphatic heterocycles. The van der Waals surface area contributed by atoms with E-state index in [2.05, 4.69) is 5.32 Å². The van der Waals surface area contributed by atoms with Crippen molar-refractivity contribution in [1.82, 2.24) is 0 Å². The second-order valence-corrected chi connectivity index (χ2v) is 6.47. The number of nitrogens with one attached hydrogen (secondary N) is 1. The molecule has 0 radical (unpaired) electrons. The van der Waals surface area contributed by atoms with Gasteiger partial charge in [0.1, 0.15) is 0 Å². The summed E-state index contributed by atoms with van der Waals surface area (Å²) in [5.41, 5.74) is 0.157. The Morgan fingerprint density at radius 1 is 1.56 bits per heavy atom. The predicted octanol–water partition coefficient (Wildman–Crippen LogP) is 3.33. The standard InChI is InChI=1S/C9H12ClN2O4P.ClH/c1-2-17(15,16)6-11-9-5-7(12(13)14)3-4-8(9)10;/h3-5,11H,2,6H2,1H3,(H,15,16);1H. The molecule has 9 heteroatoms. The van der Waals surface area contributed by atoms with Gasteiger partial charge in [-0.1, -0.05) is 18.5 Å². The molecule has 1 atom stereocenters. The highest BCUT2D eigenvalue weighted by Gasteiger charge is 2.16. The zero-order chi connectivity index (χ0) is 13.1. The Hall–Kier alpha value is -0.810. The number of nitro benzene ring substituents is 1. The maximum Gasteiger partial charge on any atom is 0.271 e. The minimum Gasteiger partial charge on any atom is -0.375 e. The van der Waals surface area contributed by atoms with E-state index < -0.39 is 12.3 Å². The Morgan fingerprint density at radius 3 is 2.67 bits per heavy atom. The summed E-state index contributed by atoms with van der Waals surface area (Å²) < 4.78 is 11.4. The van der Waals surface area contributed by atoms with Crippen molar-refractivity contribution in [2.24, 2.45) is 0 Å². The average molecular weight is 315 g/mol. The van der Waals surface area contributed by atoms with Gasteiger partial charge in [0.2, 0.25) is 7.37 Å². The number of rotatable bonds is 5. The first-order valence-corrected chi connectivity index (χ1v) is 7.25. The summed E-state index contributed by atoms with van der Waals surface area (Å²) in [5.74, 6) is 0. The van der Waals surface area contributed by atoms with Gasteiger partial charge in [-0.05, 0) is 6.07 Å². The minimum atomic E-state index is -3.24. The van der Waals surface area contributed by atoms with Crippen LogP contribution in [0.1, 0.15) is 6.92 Å². The van der Waals surface area contributed by atoms with Crippen LogP contribution in [0.3, 0.4) is 0 Å². The second-order valence-electron chi connectivity index (χ2n) is 3.42. The maximum atomic E-state index is 11.4. The zero-order valence-electron chi connectivity index (χ0n) is 9.50. The summed E-state index contributed by atoms with van der Waals surface area (Å²) in [6.07, 6.45) is -0.0308. The average Bonchev–Trinajstić information content (AvgIpc) is 2.27. The molecule has 0 saturated carbocycles. The van der Waals surface area contributed by atoms with Crippen molar-refractivity contribution >= 4 is 42.8 Å². The zero-order valence-corrected chi connectivity index (χ0v) is 12.0. The summed E-state index contributed by atoms with van der Waals surface area (Å²) in [6.45, 7) is 1.59. The van der Waals surface area contributed by atoms with Gasteiger partial charge >= 0.3 is 0 Å². The summed E-state index contributed by atoms with van der Waals surface area (Å²) in [6, 6.07) is 3.88. The number of nitrogens with zero attached hydrogens (tertiary/aromatic N) is 1. The van der Waals surface area contributed by atoms with Crippen LogP contribution in [0.4, 0.5) is 11.4 Å². The molecule has 1 rings (SSSR count). The topological polar surface area (TPSA) is 92.5 Å². The Morgan fingerprint density at radius 2 is 2.17 bits per heavy atom. The molecule has 0 aliphatic rings. The number of benzene rings is 1. The van der Waals surface area contributed by atoms with Crippen LogP contribution in [0, 0.1) is 10.1 Å². The van der Waals surface area contributed by atoms with E-state index in [0.29, 0.717) is 0 Å². The van der Waals surface area contributed by atoms with E-state index in [1.807, 2.05) is 0 Å². The Bertz CT molecular complexity index is 484. The number of halogens is 2. The number of hydrogen-bond donors (Lipinski definition) is 2. The highest BCUT2D eigenvalue weighted by molar-refractivity contribution is 7.58. The molecule has 0 aromatic heterocycles. The van der Waals surface area contributed by atoms with Crippen LogP contribution in [0.5, 0.6) is 0 Å². The lowest BCUT2D eigenvalue weighted by Gasteiger charge is -2.12. The summed E-state index contributed by atoms with van der Waals surface area (Å²) in [5, 5.41) is 13.5. The van der Waals surface area contributed by atoms with Gasteiger partial charge in [-0.25, -0.2) is 0 Å². The van der Waals surface area contributed by atoms with Crippen molar-refractivity contribution in [3.8, 4) is 0 Å². The molecule has 1 aromatic rings. The van der Waals surface area contributed by atoms with Gasteiger partial charge in [-0.15, -0.1) is 12.4 Å². The quantitative estimate of drug-likeness (QED) is 0.494. The lowest BCUT2D eigenvalue weighted by molar-refractivity contribution is -0.384. The molecule has 18 heavy (non-hydrogen) atoms. The first-order chi connectivity index (χ1) is 7.85. The molecular formula is C9H13Cl2N2O4P. The van der Waals surface area contributed by atoms with E-state index in [-0.39, 0.29) is 41.3 Å². The minimum absolute atomic E-state index is 0. The van der Waals surface area contributed by atoms with Crippen LogP contribution in [0.2, 0.25) is 5.02 Å². The third kappa shape index (κ3) is 4.82. The van der Waals surface area contributed by atoms with E-state index in [1.54, 1.807) is 6.92 Å². The normalized spacial score (nSPS) is 13.3. The van der Waals surface area contributed by atoms with Gasteiger partial charge in [-0.3, -0.25) is 14.7 Å². The van der Waals surface area contributed by atoms with E-state index in [0.717, 1.165) is 0 Å². The van der Waals surface area contributed by atoms with Crippen molar-refractivity contribution in [3.63, 3.8) is 0 Å². The van der Waals surface area contributed by atoms with Crippen molar-refractivity contribution in [3.05, 3.63) is 33.3 Å². The first kappa shape index (κ1) is 17.2. The molecule has 0 amide bonds. The van der Waals surface area contributed by atoms with Crippen molar-refractivity contribution in [1.29, 1.82) is 0 Å². The number of nitro groups is 1. The van der Waals surface area contributed by atoms with Gasteiger partial charge in [0, 0.05) is 18.3 Å². The molecule has 0 bridgehead atoms. The van der Waals surface area contributed by atoms with E-state index in [9.17, 15) is 19.6 Å². The fourth-order valence-corrected chi connectivity index (χ4v) is 1.91. The molecular weight excluding hydrogens is 302 g/mol. The lowest BCUT2D eigenvalue weighted by Crippen LogP contribution is -2.04. The first-order valence-electron chi connectivity index (χ1n) is 4.84. The fourth-order valence-electron chi connectivity index (χ4n) is 1.08. The molecule has 0 aliphatic carbocycles. The van der Waals surface area contributed by atoms with Gasteiger partial charge in [0.05, 0.1) is 21.9 Å². The summed E-state index contributed by atoms with van der Waals surface area (Å²) >= 11 is 5.82. The van der Waals surface area contributed by atoms with Crippen LogP contribution in [-0.2, 0) is 4.57 Å². The van der Waals surface area contributed by atoms with Crippen LogP contribution < -0.4 is 5.32 Å². The van der Waals surface area contributed by atoms with Crippen LogP contribution in [0.25, 0.3) is 0 Å². The molecule has 0 fully saturated rings. The SMILES string of the molecule is CCP(=O)(O)CNc1cc([N+](=O)[O-])ccc1Cl.Cl. The maximum absolute atomic E-state index is 11.4. The van der Waals surface area contributed by atoms with Crippen molar-refractivity contribution < 1.29 is 14.4 Å². The van der Waals surface area contributed by atoms with Crippen molar-refractivity contribution in [2.45, 2.75) is 6.92 Å². The highest BCUT2D eigenvalue weighted by Crippen LogP contribution is 2.40. The van der Waals surface area contributed by atoms with Gasteiger partial charge in [0.25, 0.3) is 5.69 Å². The molecule has 1 unspecified atom stereocenters. The van der Waals surface area contributed by atoms with E-state index in [1.165, 1.54) is 18.2 Å². The molecule has 0 heterocycles. The molecule has 0 saturated heterocycles. The van der Waals surface area contributed by atoms with Crippen LogP contribution in [-0.4, -0.2) is 22.3 Å². The largest absolute Gasteiger partial charge is 0.375 e. The van der Waals surface area contributed by atoms with Crippen molar-refractivity contribution in [2.75, 3.05) is 17.8 Å². The molecule has 1 aromatic carbocycles. The summed E-state index contributed by atoms with van der Waals surface area (Å²) in [7, 11) is -3.24. The molecule has 2 N–H and O–H groups in total. The molecule has 6 nitrogen and oxygen atoms in total. The fraction of sp³-hybridized carbons (Fsp3) is 0.333. The monoisotopic (exact) mass is 314 g/mol. The number of anilines is 1. The van der Waals surface area contributed by atoms with Crippen LogP contribution in [0.15, 0.2) is 18.2 Å². The lowest BCUT2D eigenvalue weighted by atomic mass is 10.3. The third-order valence-corrected chi connectivity index (χ3v) is 4.14. The van der Waals surface area contributed by atoms with E-state index >= 15 is 0 Å². The number of non-ortho nitro benzene ring substituents is 1. The predicted molar refractivity (Wildman–Crippen MR) is 74.2 cm³/mol. The molecule has 102 valence electrons. The van der Waals surface area contributed by atoms with Gasteiger partial charge in [-0.2, -0.15) is 0 Å². The summed E-state index contributed by atoms with van der Waals surface area (Å²) in [4.78, 5) is 19.4. The Kier molecular flexibility index (Phi) is 6.63.